The lowest BCUT2D eigenvalue weighted by molar-refractivity contribution is 0.451. The van der Waals surface area contributed by atoms with Gasteiger partial charge in [0, 0.05) is 6.04 Å². The van der Waals surface area contributed by atoms with Crippen molar-refractivity contribution in [2.45, 2.75) is 45.6 Å². The van der Waals surface area contributed by atoms with Crippen LogP contribution in [0.5, 0.6) is 0 Å². The zero-order valence-electron chi connectivity index (χ0n) is 10.4. The van der Waals surface area contributed by atoms with E-state index in [2.05, 4.69) is 57.4 Å². The molecule has 0 saturated carbocycles. The molecule has 15 heavy (non-hydrogen) atoms. The molecule has 1 N–H and O–H groups in total. The SMILES string of the molecule is CCCC(NC)C(C)c1cccc(C)c1. The number of rotatable bonds is 5. The standard InChI is InChI=1S/C14H23N/c1-5-7-14(15-4)12(3)13-9-6-8-11(2)10-13/h6,8-10,12,14-15H,5,7H2,1-4H3. The Hall–Kier alpha value is -0.820. The van der Waals surface area contributed by atoms with Crippen LogP contribution in [0, 0.1) is 6.92 Å². The third-order valence-corrected chi connectivity index (χ3v) is 3.14. The van der Waals surface area contributed by atoms with Gasteiger partial charge in [0.25, 0.3) is 0 Å². The molecule has 0 bridgehead atoms. The van der Waals surface area contributed by atoms with Gasteiger partial charge in [-0.25, -0.2) is 0 Å². The minimum absolute atomic E-state index is 0.592. The highest BCUT2D eigenvalue weighted by Gasteiger charge is 2.15. The van der Waals surface area contributed by atoms with Crippen molar-refractivity contribution in [1.82, 2.24) is 5.32 Å². The van der Waals surface area contributed by atoms with E-state index in [9.17, 15) is 0 Å². The highest BCUT2D eigenvalue weighted by atomic mass is 14.9. The molecule has 0 fully saturated rings. The first-order valence-electron chi connectivity index (χ1n) is 5.92. The van der Waals surface area contributed by atoms with Crippen LogP contribution >= 0.6 is 0 Å². The molecular weight excluding hydrogens is 182 g/mol. The average molecular weight is 205 g/mol. The normalized spacial score (nSPS) is 14.9. The summed E-state index contributed by atoms with van der Waals surface area (Å²) in [7, 11) is 2.06. The summed E-state index contributed by atoms with van der Waals surface area (Å²) in [5, 5.41) is 3.42. The van der Waals surface area contributed by atoms with Crippen molar-refractivity contribution in [1.29, 1.82) is 0 Å². The van der Waals surface area contributed by atoms with Crippen LogP contribution in [0.1, 0.15) is 43.7 Å². The second-order valence-corrected chi connectivity index (χ2v) is 4.39. The Kier molecular flexibility index (Phi) is 4.83. The van der Waals surface area contributed by atoms with Gasteiger partial charge in [-0.1, -0.05) is 50.1 Å². The Morgan fingerprint density at radius 1 is 1.33 bits per heavy atom. The van der Waals surface area contributed by atoms with E-state index < -0.39 is 0 Å². The number of benzene rings is 1. The van der Waals surface area contributed by atoms with Gasteiger partial charge in [0.15, 0.2) is 0 Å². The summed E-state index contributed by atoms with van der Waals surface area (Å²) < 4.78 is 0. The third kappa shape index (κ3) is 3.35. The summed E-state index contributed by atoms with van der Waals surface area (Å²) in [6.07, 6.45) is 2.48. The lowest BCUT2D eigenvalue weighted by Crippen LogP contribution is -2.30. The Bertz CT molecular complexity index is 293. The maximum Gasteiger partial charge on any atom is 0.0130 e. The first kappa shape index (κ1) is 12.3. The maximum atomic E-state index is 3.42. The van der Waals surface area contributed by atoms with Gasteiger partial charge in [0.2, 0.25) is 0 Å². The van der Waals surface area contributed by atoms with E-state index in [4.69, 9.17) is 0 Å². The van der Waals surface area contributed by atoms with Crippen LogP contribution in [-0.4, -0.2) is 13.1 Å². The lowest BCUT2D eigenvalue weighted by atomic mass is 9.90. The number of likely N-dealkylation sites (N-methyl/N-ethyl adjacent to an activating group) is 1. The largest absolute Gasteiger partial charge is 0.316 e. The van der Waals surface area contributed by atoms with E-state index >= 15 is 0 Å². The molecule has 0 radical (unpaired) electrons. The molecule has 2 atom stereocenters. The molecule has 0 aromatic heterocycles. The van der Waals surface area contributed by atoms with Crippen LogP contribution in [0.15, 0.2) is 24.3 Å². The quantitative estimate of drug-likeness (QED) is 0.776. The Morgan fingerprint density at radius 3 is 2.60 bits per heavy atom. The molecular formula is C14H23N. The van der Waals surface area contributed by atoms with Crippen molar-refractivity contribution < 1.29 is 0 Å². The second kappa shape index (κ2) is 5.92. The summed E-state index contributed by atoms with van der Waals surface area (Å²) >= 11 is 0. The summed E-state index contributed by atoms with van der Waals surface area (Å²) in [5.41, 5.74) is 2.80. The van der Waals surface area contributed by atoms with E-state index in [1.165, 1.54) is 24.0 Å². The van der Waals surface area contributed by atoms with Crippen molar-refractivity contribution in [2.24, 2.45) is 0 Å². The molecule has 0 aliphatic heterocycles. The first-order chi connectivity index (χ1) is 7.19. The zero-order valence-corrected chi connectivity index (χ0v) is 10.4. The fourth-order valence-electron chi connectivity index (χ4n) is 2.14. The van der Waals surface area contributed by atoms with E-state index in [1.54, 1.807) is 0 Å². The van der Waals surface area contributed by atoms with E-state index in [1.807, 2.05) is 0 Å². The van der Waals surface area contributed by atoms with E-state index in [0.717, 1.165) is 0 Å². The zero-order chi connectivity index (χ0) is 11.3. The third-order valence-electron chi connectivity index (χ3n) is 3.14. The molecule has 0 aliphatic carbocycles. The maximum absolute atomic E-state index is 3.42. The fraction of sp³-hybridized carbons (Fsp3) is 0.571. The molecule has 0 amide bonds. The van der Waals surface area contributed by atoms with Crippen molar-refractivity contribution in [3.63, 3.8) is 0 Å². The average Bonchev–Trinajstić information content (AvgIpc) is 2.25. The van der Waals surface area contributed by atoms with Gasteiger partial charge in [-0.05, 0) is 31.9 Å². The topological polar surface area (TPSA) is 12.0 Å². The van der Waals surface area contributed by atoms with Crippen LogP contribution in [0.25, 0.3) is 0 Å². The van der Waals surface area contributed by atoms with Crippen LogP contribution in [-0.2, 0) is 0 Å². The molecule has 0 heterocycles. The molecule has 1 aromatic carbocycles. The fourth-order valence-corrected chi connectivity index (χ4v) is 2.14. The van der Waals surface area contributed by atoms with Crippen LogP contribution < -0.4 is 5.32 Å². The predicted octanol–water partition coefficient (Wildman–Crippen LogP) is 3.49. The molecule has 1 nitrogen and oxygen atoms in total. The lowest BCUT2D eigenvalue weighted by Gasteiger charge is -2.23. The van der Waals surface area contributed by atoms with Crippen LogP contribution in [0.4, 0.5) is 0 Å². The molecule has 1 aromatic rings. The highest BCUT2D eigenvalue weighted by Crippen LogP contribution is 2.22. The number of aryl methyl sites for hydroxylation is 1. The molecule has 1 heteroatoms. The predicted molar refractivity (Wildman–Crippen MR) is 67.3 cm³/mol. The van der Waals surface area contributed by atoms with Gasteiger partial charge < -0.3 is 5.32 Å². The van der Waals surface area contributed by atoms with Crippen molar-refractivity contribution in [3.05, 3.63) is 35.4 Å². The minimum Gasteiger partial charge on any atom is -0.316 e. The van der Waals surface area contributed by atoms with Crippen LogP contribution in [0.3, 0.4) is 0 Å². The monoisotopic (exact) mass is 205 g/mol. The van der Waals surface area contributed by atoms with Gasteiger partial charge in [-0.3, -0.25) is 0 Å². The molecule has 2 unspecified atom stereocenters. The number of hydrogen-bond acceptors (Lipinski definition) is 1. The molecule has 0 spiro atoms. The molecule has 0 saturated heterocycles. The van der Waals surface area contributed by atoms with E-state index in [-0.39, 0.29) is 0 Å². The second-order valence-electron chi connectivity index (χ2n) is 4.39. The van der Waals surface area contributed by atoms with Gasteiger partial charge >= 0.3 is 0 Å². The summed E-state index contributed by atoms with van der Waals surface area (Å²) in [6, 6.07) is 9.43. The van der Waals surface area contributed by atoms with Crippen LogP contribution in [0.2, 0.25) is 0 Å². The Morgan fingerprint density at radius 2 is 2.07 bits per heavy atom. The van der Waals surface area contributed by atoms with Crippen molar-refractivity contribution in [2.75, 3.05) is 7.05 Å². The molecule has 1 rings (SSSR count). The minimum atomic E-state index is 0.592. The van der Waals surface area contributed by atoms with Crippen molar-refractivity contribution >= 4 is 0 Å². The van der Waals surface area contributed by atoms with Crippen molar-refractivity contribution in [3.8, 4) is 0 Å². The highest BCUT2D eigenvalue weighted by molar-refractivity contribution is 5.26. The summed E-state index contributed by atoms with van der Waals surface area (Å²) in [6.45, 7) is 6.71. The number of nitrogens with one attached hydrogen (secondary N) is 1. The smallest absolute Gasteiger partial charge is 0.0130 e. The summed E-state index contributed by atoms with van der Waals surface area (Å²) in [5.74, 6) is 0.592. The van der Waals surface area contributed by atoms with Gasteiger partial charge in [-0.2, -0.15) is 0 Å². The Labute approximate surface area is 93.9 Å². The Balaban J connectivity index is 2.77. The first-order valence-corrected chi connectivity index (χ1v) is 5.92. The molecule has 0 aliphatic rings. The van der Waals surface area contributed by atoms with Gasteiger partial charge in [0.1, 0.15) is 0 Å². The van der Waals surface area contributed by atoms with Gasteiger partial charge in [0.05, 0.1) is 0 Å². The molecule has 84 valence electrons. The van der Waals surface area contributed by atoms with Gasteiger partial charge in [-0.15, -0.1) is 0 Å². The van der Waals surface area contributed by atoms with E-state index in [0.29, 0.717) is 12.0 Å². The number of hydrogen-bond donors (Lipinski definition) is 1. The summed E-state index contributed by atoms with van der Waals surface area (Å²) in [4.78, 5) is 0.